The maximum absolute atomic E-state index is 13.9. The van der Waals surface area contributed by atoms with Gasteiger partial charge >= 0.3 is 51.4 Å². The van der Waals surface area contributed by atoms with Gasteiger partial charge in [-0.3, -0.25) is 47.9 Å². The number of nitrogens with zero attached hydrogens (tertiary/aromatic N) is 14. The summed E-state index contributed by atoms with van der Waals surface area (Å²) in [6.07, 6.45) is 34.5. The van der Waals surface area contributed by atoms with E-state index in [-0.39, 0.29) is 141 Å². The SMILES string of the molecule is C.C.COc1ccc(CN2C(=O)c3c(c(=O)c(Br)cn3C)C23CCCCC3)cc1.COc1ccc(CN2C(=O)c3c(c(=O)c(Nc4cc(N)ncn4)cn3C)C23CCCCC3)cc1.Cn1cc(Nc2cc(N)ncn2)c(=O)c2c1C(=O)NC21CCCCC1.Cn1cc(Nc2cc(NC(=O)C3CC3)ncn2)c(=O)c2c1C(=O)NC21CCCCC1.Nc1cc(NC(=O)C2CC2)ncn1.[K+].[OH-]. The van der Waals surface area contributed by atoms with Crippen molar-refractivity contribution < 1.29 is 95.1 Å². The summed E-state index contributed by atoms with van der Waals surface area (Å²) in [7, 11) is 10.5. The van der Waals surface area contributed by atoms with Crippen molar-refractivity contribution in [1.29, 1.82) is 0 Å². The molecule has 6 amide bonds. The minimum Gasteiger partial charge on any atom is -0.870 e. The van der Waals surface area contributed by atoms with Gasteiger partial charge in [0.2, 0.25) is 33.5 Å². The molecule has 10 aliphatic rings. The largest absolute Gasteiger partial charge is 1.00 e. The first-order valence-electron chi connectivity index (χ1n) is 43.8. The first-order valence-corrected chi connectivity index (χ1v) is 44.6. The molecule has 39 heteroatoms. The van der Waals surface area contributed by atoms with Gasteiger partial charge in [0.25, 0.3) is 23.6 Å². The van der Waals surface area contributed by atoms with E-state index >= 15 is 0 Å². The molecule has 6 saturated carbocycles. The van der Waals surface area contributed by atoms with Gasteiger partial charge in [-0.1, -0.05) is 116 Å². The fraction of sp³-hybridized carbons (Fsp3) is 0.426. The number of rotatable bonds is 16. The van der Waals surface area contributed by atoms with Crippen molar-refractivity contribution in [3.63, 3.8) is 0 Å². The van der Waals surface area contributed by atoms with Gasteiger partial charge in [0, 0.05) is 102 Å². The Hall–Kier alpha value is -12.1. The van der Waals surface area contributed by atoms with Crippen LogP contribution in [-0.2, 0) is 73.0 Å². The van der Waals surface area contributed by atoms with E-state index in [0.717, 1.165) is 177 Å². The number of fused-ring (bicyclic) bond motifs is 8. The van der Waals surface area contributed by atoms with Crippen molar-refractivity contribution in [2.75, 3.05) is 58.0 Å². The van der Waals surface area contributed by atoms with Gasteiger partial charge in [-0.15, -0.1) is 0 Å². The number of aryl methyl sites for hydroxylation is 4. The number of anilines is 11. The van der Waals surface area contributed by atoms with E-state index in [0.29, 0.717) is 126 Å². The van der Waals surface area contributed by atoms with Crippen LogP contribution in [0.2, 0.25) is 0 Å². The summed E-state index contributed by atoms with van der Waals surface area (Å²) in [6, 6.07) is 21.8. The predicted molar refractivity (Wildman–Crippen MR) is 503 cm³/mol. The summed E-state index contributed by atoms with van der Waals surface area (Å²) in [4.78, 5) is 165. The molecule has 4 spiro atoms. The summed E-state index contributed by atoms with van der Waals surface area (Å²) >= 11 is 3.40. The maximum Gasteiger partial charge on any atom is 1.00 e. The van der Waals surface area contributed by atoms with Crippen molar-refractivity contribution in [2.45, 2.75) is 204 Å². The van der Waals surface area contributed by atoms with Crippen LogP contribution in [0.5, 0.6) is 11.5 Å². The summed E-state index contributed by atoms with van der Waals surface area (Å²) < 4.78 is 18.0. The molecule has 6 aliphatic carbocycles. The number of aromatic nitrogens is 12. The third-order valence-corrected chi connectivity index (χ3v) is 26.7. The van der Waals surface area contributed by atoms with Gasteiger partial charge in [0.1, 0.15) is 123 Å². The number of benzene rings is 2. The third kappa shape index (κ3) is 20.7. The van der Waals surface area contributed by atoms with Crippen molar-refractivity contribution >= 4 is 115 Å². The van der Waals surface area contributed by atoms with Crippen LogP contribution in [0.4, 0.5) is 63.6 Å². The van der Waals surface area contributed by atoms with Crippen LogP contribution in [0.1, 0.15) is 244 Å². The number of amides is 6. The van der Waals surface area contributed by atoms with Crippen LogP contribution in [0.25, 0.3) is 0 Å². The number of halogens is 1. The molecule has 20 rings (SSSR count). The Morgan fingerprint density at radius 3 is 1.07 bits per heavy atom. The molecular formula is C94H114BrKN24O13. The molecule has 0 atom stereocenters. The Morgan fingerprint density at radius 1 is 0.414 bits per heavy atom. The number of carbonyl (C=O) groups is 6. The number of nitrogens with two attached hydrogens (primary N) is 3. The van der Waals surface area contributed by atoms with E-state index < -0.39 is 22.2 Å². The third-order valence-electron chi connectivity index (χ3n) is 26.1. The van der Waals surface area contributed by atoms with E-state index in [1.54, 1.807) is 95.6 Å². The average molecular weight is 1910 g/mol. The fourth-order valence-electron chi connectivity index (χ4n) is 19.6. The van der Waals surface area contributed by atoms with Crippen molar-refractivity contribution in [1.82, 2.24) is 78.6 Å². The number of nitrogen functional groups attached to an aromatic ring is 3. The number of hydrogen-bond donors (Lipinski definition) is 10. The van der Waals surface area contributed by atoms with E-state index in [9.17, 15) is 47.9 Å². The Labute approximate surface area is 820 Å². The predicted octanol–water partition coefficient (Wildman–Crippen LogP) is 9.38. The molecule has 14 N–H and O–H groups in total. The monoisotopic (exact) mass is 1900 g/mol. The second-order valence-corrected chi connectivity index (χ2v) is 35.6. The van der Waals surface area contributed by atoms with E-state index in [1.165, 1.54) is 25.3 Å². The van der Waals surface area contributed by atoms with Crippen LogP contribution in [0.15, 0.2) is 147 Å². The molecule has 10 aromatic rings. The number of pyridine rings is 4. The van der Waals surface area contributed by atoms with Gasteiger partial charge in [0.05, 0.1) is 63.1 Å². The Balaban J connectivity index is 0.000000152. The van der Waals surface area contributed by atoms with Crippen molar-refractivity contribution in [2.24, 2.45) is 40.0 Å². The molecule has 6 fully saturated rings. The summed E-state index contributed by atoms with van der Waals surface area (Å²) in [5.74, 6) is 4.40. The molecule has 133 heavy (non-hydrogen) atoms. The standard InChI is InChI=1S/C25H28N6O3.C21H23BrN2O3.C21H24N6O3.C17H20N6O2.C8H10N4O.2CH4.K.H2O/c1-30-14-18(29-20-12-19(26)27-15-28-20)23(32)21-22(30)24(33)31(25(21)10-4-3-5-11-25)13-16-6-8-17(34-2)9-7-16;1-23-13-16(22)19(25)17-18(23)20(26)24(21(17)10-4-3-5-11-21)12-14-6-8-15(27-2)9-7-14;1-27-10-13(24-14-9-15(23-11-22-14)25-19(29)12-5-6-12)18(28)16-17(27)20(30)26-21(16)7-3-2-4-8-21;1-23-8-10(21-12-7-11(18)19-9-20-12)15(24)13-14(23)16(25)22-17(13)5-3-2-4-6-17;9-6-3-7(11-4-10-6)12-8(13)5-1-2-5;;;;/h6-9,12,14-15H,3-5,10-11,13H2,1-2H3,(H3,26,27,28,29);6-9,13H,3-5,10-12H2,1-2H3;9-12H,2-8H2,1H3,(H,26,30)(H2,22,23,24,25,29);7-9H,2-6H2,1H3,(H,22,25)(H3,18,19,20,21);3-5H,1-2H2,(H3,9,10,11,12,13);2*1H4;;1H2/q;;;;;;;+1;/p-1. The zero-order valence-electron chi connectivity index (χ0n) is 74.3. The fourth-order valence-corrected chi connectivity index (χ4v) is 20.1. The van der Waals surface area contributed by atoms with Crippen molar-refractivity contribution in [3.05, 3.63) is 224 Å². The topological polar surface area (TPSA) is 511 Å². The van der Waals surface area contributed by atoms with Gasteiger partial charge in [0.15, 0.2) is 0 Å². The van der Waals surface area contributed by atoms with Crippen LogP contribution in [0.3, 0.4) is 0 Å². The van der Waals surface area contributed by atoms with E-state index in [2.05, 4.69) is 93.0 Å². The molecule has 0 unspecified atom stereocenters. The number of hydrogen-bond acceptors (Lipinski definition) is 27. The number of ether oxygens (including phenoxy) is 2. The Bertz CT molecular complexity index is 6300. The molecular weight excluding hydrogens is 1790 g/mol. The van der Waals surface area contributed by atoms with Gasteiger partial charge in [-0.2, -0.15) is 0 Å². The first-order chi connectivity index (χ1) is 62.1. The normalized spacial score (nSPS) is 17.1. The van der Waals surface area contributed by atoms with Gasteiger partial charge in [-0.05, 0) is 128 Å². The van der Waals surface area contributed by atoms with Crippen LogP contribution in [0, 0.1) is 11.8 Å². The minimum absolute atomic E-state index is 0. The summed E-state index contributed by atoms with van der Waals surface area (Å²) in [5.41, 5.74) is 21.5. The maximum atomic E-state index is 13.9. The molecule has 696 valence electrons. The van der Waals surface area contributed by atoms with Gasteiger partial charge < -0.3 is 97.4 Å². The number of carbonyl (C=O) groups excluding carboxylic acids is 6. The minimum atomic E-state index is -0.623. The average Bonchev–Trinajstić information content (AvgIpc) is 1.67. The van der Waals surface area contributed by atoms with Crippen LogP contribution < -0.4 is 137 Å². The summed E-state index contributed by atoms with van der Waals surface area (Å²) in [5, 5.41) is 20.8. The molecule has 0 radical (unpaired) electrons. The molecule has 4 aliphatic heterocycles. The molecule has 37 nitrogen and oxygen atoms in total. The molecule has 8 aromatic heterocycles. The first kappa shape index (κ1) is 99.9. The Morgan fingerprint density at radius 2 is 0.714 bits per heavy atom. The quantitative estimate of drug-likeness (QED) is 0.0402. The molecule has 0 saturated heterocycles. The molecule has 0 bridgehead atoms. The Kier molecular flexibility index (Phi) is 31.5. The number of methoxy groups -OCH3 is 2. The zero-order valence-corrected chi connectivity index (χ0v) is 79.0. The second-order valence-electron chi connectivity index (χ2n) is 34.8. The smallest absolute Gasteiger partial charge is 0.870 e. The van der Waals surface area contributed by atoms with E-state index in [1.807, 2.05) is 72.4 Å². The number of nitrogens with one attached hydrogen (secondary N) is 7. The van der Waals surface area contributed by atoms with Crippen LogP contribution >= 0.6 is 15.9 Å². The molecule has 2 aromatic carbocycles. The molecule has 12 heterocycles. The second kappa shape index (κ2) is 42.0. The zero-order chi connectivity index (χ0) is 90.8. The van der Waals surface area contributed by atoms with Crippen LogP contribution in [-0.4, -0.2) is 123 Å². The van der Waals surface area contributed by atoms with Crippen molar-refractivity contribution in [3.8, 4) is 11.5 Å². The summed E-state index contributed by atoms with van der Waals surface area (Å²) in [6.45, 7) is 0.927. The van der Waals surface area contributed by atoms with Gasteiger partial charge in [-0.25, -0.2) is 39.9 Å². The van der Waals surface area contributed by atoms with E-state index in [4.69, 9.17) is 26.7 Å².